The molecule has 2 rings (SSSR count). The Balaban J connectivity index is 2.36. The molecule has 0 aromatic heterocycles. The first-order valence-electron chi connectivity index (χ1n) is 4.62. The van der Waals surface area contributed by atoms with E-state index >= 15 is 0 Å². The molecular weight excluding hydrogens is 162 g/mol. The molecule has 1 aromatic carbocycles. The molecule has 0 bridgehead atoms. The van der Waals surface area contributed by atoms with Gasteiger partial charge in [-0.15, -0.1) is 0 Å². The largest absolute Gasteiger partial charge is 0.310 e. The fourth-order valence-corrected chi connectivity index (χ4v) is 1.68. The molecule has 13 heavy (non-hydrogen) atoms. The zero-order chi connectivity index (χ0) is 9.26. The number of hydrogen-bond donors (Lipinski definition) is 1. The van der Waals surface area contributed by atoms with Crippen molar-refractivity contribution >= 4 is 5.78 Å². The Morgan fingerprint density at radius 2 is 2.15 bits per heavy atom. The lowest BCUT2D eigenvalue weighted by Crippen LogP contribution is -2.35. The lowest BCUT2D eigenvalue weighted by Gasteiger charge is -2.29. The molecule has 1 aromatic rings. The van der Waals surface area contributed by atoms with Crippen LogP contribution in [0.2, 0.25) is 0 Å². The zero-order valence-corrected chi connectivity index (χ0v) is 7.71. The molecule has 0 amide bonds. The fraction of sp³-hybridized carbons (Fsp3) is 0.364. The number of rotatable bonds is 2. The summed E-state index contributed by atoms with van der Waals surface area (Å²) in [6.45, 7) is 2.69. The molecule has 1 aliphatic rings. The average Bonchev–Trinajstić information content (AvgIpc) is 2.02. The predicted octanol–water partition coefficient (Wildman–Crippen LogP) is 1.92. The van der Waals surface area contributed by atoms with E-state index in [1.807, 2.05) is 24.3 Å². The number of nitrogens with one attached hydrogen (secondary N) is 1. The second-order valence-electron chi connectivity index (χ2n) is 3.44. The van der Waals surface area contributed by atoms with Crippen molar-refractivity contribution in [3.63, 3.8) is 0 Å². The minimum Gasteiger partial charge on any atom is -0.310 e. The third kappa shape index (κ3) is 1.49. The molecule has 0 unspecified atom stereocenters. The van der Waals surface area contributed by atoms with Gasteiger partial charge in [0.25, 0.3) is 0 Å². The van der Waals surface area contributed by atoms with Gasteiger partial charge in [0.2, 0.25) is 0 Å². The van der Waals surface area contributed by atoms with E-state index in [0.717, 1.165) is 24.1 Å². The summed E-state index contributed by atoms with van der Waals surface area (Å²) in [4.78, 5) is 11.3. The van der Waals surface area contributed by atoms with E-state index in [1.54, 1.807) is 6.92 Å². The Morgan fingerprint density at radius 1 is 1.46 bits per heavy atom. The second kappa shape index (κ2) is 3.30. The molecule has 0 radical (unpaired) electrons. The highest BCUT2D eigenvalue weighted by molar-refractivity contribution is 5.95. The predicted molar refractivity (Wildman–Crippen MR) is 51.8 cm³/mol. The Labute approximate surface area is 78.0 Å². The number of carbonyl (C=O) groups is 1. The summed E-state index contributed by atoms with van der Waals surface area (Å²) in [6, 6.07) is 8.24. The first kappa shape index (κ1) is 8.45. The molecule has 0 spiro atoms. The van der Waals surface area contributed by atoms with E-state index in [2.05, 4.69) is 5.32 Å². The summed E-state index contributed by atoms with van der Waals surface area (Å²) in [5.74, 6) is 0.157. The maximum atomic E-state index is 11.3. The van der Waals surface area contributed by atoms with E-state index in [1.165, 1.54) is 0 Å². The normalized spacial score (nSPS) is 20.8. The quantitative estimate of drug-likeness (QED) is 0.696. The minimum absolute atomic E-state index is 0.157. The highest BCUT2D eigenvalue weighted by atomic mass is 16.1. The molecule has 1 N–H and O–H groups in total. The summed E-state index contributed by atoms with van der Waals surface area (Å²) in [7, 11) is 0. The van der Waals surface area contributed by atoms with Gasteiger partial charge in [-0.3, -0.25) is 4.79 Å². The second-order valence-corrected chi connectivity index (χ2v) is 3.44. The van der Waals surface area contributed by atoms with Crippen LogP contribution in [0.4, 0.5) is 0 Å². The number of Topliss-reactive ketones (excluding diaryl/α,β-unsaturated/α-hetero) is 1. The highest BCUT2D eigenvalue weighted by Gasteiger charge is 2.21. The SMILES string of the molecule is CC(=O)c1ccccc1[C@@H]1CCN1. The smallest absolute Gasteiger partial charge is 0.160 e. The first-order valence-corrected chi connectivity index (χ1v) is 4.62. The Hall–Kier alpha value is -1.15. The lowest BCUT2D eigenvalue weighted by molar-refractivity contribution is 0.101. The van der Waals surface area contributed by atoms with Crippen LogP contribution in [0.5, 0.6) is 0 Å². The van der Waals surface area contributed by atoms with Gasteiger partial charge in [0, 0.05) is 11.6 Å². The van der Waals surface area contributed by atoms with Crippen molar-refractivity contribution in [2.75, 3.05) is 6.54 Å². The number of hydrogen-bond acceptors (Lipinski definition) is 2. The van der Waals surface area contributed by atoms with Gasteiger partial charge in [-0.25, -0.2) is 0 Å². The van der Waals surface area contributed by atoms with E-state index < -0.39 is 0 Å². The van der Waals surface area contributed by atoms with E-state index in [0.29, 0.717) is 6.04 Å². The van der Waals surface area contributed by atoms with Gasteiger partial charge in [-0.1, -0.05) is 24.3 Å². The van der Waals surface area contributed by atoms with Crippen LogP contribution in [0.1, 0.15) is 35.3 Å². The molecule has 1 fully saturated rings. The molecule has 2 heteroatoms. The number of ketones is 1. The van der Waals surface area contributed by atoms with Crippen molar-refractivity contribution in [1.82, 2.24) is 5.32 Å². The summed E-state index contributed by atoms with van der Waals surface area (Å²) in [5, 5.41) is 3.30. The molecule has 1 aliphatic heterocycles. The van der Waals surface area contributed by atoms with Crippen LogP contribution in [0.25, 0.3) is 0 Å². The Bertz CT molecular complexity index is 329. The standard InChI is InChI=1S/C11H13NO/c1-8(13)9-4-2-3-5-10(9)11-6-7-12-11/h2-5,11-12H,6-7H2,1H3/t11-/m0/s1. The van der Waals surface area contributed by atoms with Gasteiger partial charge in [0.1, 0.15) is 0 Å². The van der Waals surface area contributed by atoms with Crippen molar-refractivity contribution in [3.05, 3.63) is 35.4 Å². The van der Waals surface area contributed by atoms with Gasteiger partial charge in [0.15, 0.2) is 5.78 Å². The first-order chi connectivity index (χ1) is 6.29. The summed E-state index contributed by atoms with van der Waals surface area (Å²) < 4.78 is 0. The van der Waals surface area contributed by atoms with Gasteiger partial charge in [-0.2, -0.15) is 0 Å². The molecule has 1 saturated heterocycles. The maximum absolute atomic E-state index is 11.3. The van der Waals surface area contributed by atoms with Crippen molar-refractivity contribution in [3.8, 4) is 0 Å². The van der Waals surface area contributed by atoms with Crippen LogP contribution in [-0.2, 0) is 0 Å². The van der Waals surface area contributed by atoms with Crippen molar-refractivity contribution < 1.29 is 4.79 Å². The molecule has 2 nitrogen and oxygen atoms in total. The van der Waals surface area contributed by atoms with Crippen LogP contribution >= 0.6 is 0 Å². The summed E-state index contributed by atoms with van der Waals surface area (Å²) >= 11 is 0. The van der Waals surface area contributed by atoms with Gasteiger partial charge in [-0.05, 0) is 25.5 Å². The molecule has 1 heterocycles. The Morgan fingerprint density at radius 3 is 2.69 bits per heavy atom. The molecule has 0 aliphatic carbocycles. The van der Waals surface area contributed by atoms with E-state index in [4.69, 9.17) is 0 Å². The van der Waals surface area contributed by atoms with Crippen LogP contribution < -0.4 is 5.32 Å². The topological polar surface area (TPSA) is 29.1 Å². The van der Waals surface area contributed by atoms with Crippen LogP contribution in [0.3, 0.4) is 0 Å². The highest BCUT2D eigenvalue weighted by Crippen LogP contribution is 2.25. The van der Waals surface area contributed by atoms with Crippen molar-refractivity contribution in [2.24, 2.45) is 0 Å². The van der Waals surface area contributed by atoms with Crippen molar-refractivity contribution in [2.45, 2.75) is 19.4 Å². The number of carbonyl (C=O) groups excluding carboxylic acids is 1. The summed E-state index contributed by atoms with van der Waals surface area (Å²) in [6.07, 6.45) is 1.14. The van der Waals surface area contributed by atoms with Crippen LogP contribution in [0, 0.1) is 0 Å². The molecule has 1 atom stereocenters. The third-order valence-electron chi connectivity index (χ3n) is 2.54. The maximum Gasteiger partial charge on any atom is 0.160 e. The number of benzene rings is 1. The Kier molecular flexibility index (Phi) is 2.15. The fourth-order valence-electron chi connectivity index (χ4n) is 1.68. The zero-order valence-electron chi connectivity index (χ0n) is 7.71. The van der Waals surface area contributed by atoms with Gasteiger partial charge >= 0.3 is 0 Å². The average molecular weight is 175 g/mol. The summed E-state index contributed by atoms with van der Waals surface area (Å²) in [5.41, 5.74) is 2.01. The van der Waals surface area contributed by atoms with Crippen LogP contribution in [0.15, 0.2) is 24.3 Å². The van der Waals surface area contributed by atoms with Gasteiger partial charge < -0.3 is 5.32 Å². The minimum atomic E-state index is 0.157. The van der Waals surface area contributed by atoms with Crippen LogP contribution in [-0.4, -0.2) is 12.3 Å². The lowest BCUT2D eigenvalue weighted by atomic mass is 9.92. The van der Waals surface area contributed by atoms with Crippen molar-refractivity contribution in [1.29, 1.82) is 0 Å². The molecule has 68 valence electrons. The molecular formula is C11H13NO. The van der Waals surface area contributed by atoms with Gasteiger partial charge in [0.05, 0.1) is 0 Å². The van der Waals surface area contributed by atoms with E-state index in [-0.39, 0.29) is 5.78 Å². The monoisotopic (exact) mass is 175 g/mol. The third-order valence-corrected chi connectivity index (χ3v) is 2.54. The van der Waals surface area contributed by atoms with E-state index in [9.17, 15) is 4.79 Å². The molecule has 0 saturated carbocycles.